The number of aliphatic hydroxyl groups is 1. The van der Waals surface area contributed by atoms with Crippen LogP contribution in [0.4, 0.5) is 5.69 Å². The van der Waals surface area contributed by atoms with Gasteiger partial charge in [-0.25, -0.2) is 0 Å². The maximum atomic E-state index is 11.1. The Morgan fingerprint density at radius 1 is 1.12 bits per heavy atom. The van der Waals surface area contributed by atoms with Gasteiger partial charge in [-0.15, -0.1) is 0 Å². The van der Waals surface area contributed by atoms with Gasteiger partial charge in [-0.1, -0.05) is 30.3 Å². The predicted molar refractivity (Wildman–Crippen MR) is 92.0 cm³/mol. The Hall–Kier alpha value is -2.44. The molecule has 0 aliphatic heterocycles. The summed E-state index contributed by atoms with van der Waals surface area (Å²) < 4.78 is 5.37. The third-order valence-corrected chi connectivity index (χ3v) is 4.01. The molecule has 0 aliphatic carbocycles. The summed E-state index contributed by atoms with van der Waals surface area (Å²) in [4.78, 5) is 12.8. The van der Waals surface area contributed by atoms with Crippen LogP contribution in [0.5, 0.6) is 5.75 Å². The topological polar surface area (TPSA) is 75.8 Å². The Morgan fingerprint density at radius 3 is 2.46 bits per heavy atom. The Kier molecular flexibility index (Phi) is 6.28. The molecule has 6 nitrogen and oxygen atoms in total. The van der Waals surface area contributed by atoms with E-state index >= 15 is 0 Å². The van der Waals surface area contributed by atoms with Crippen molar-refractivity contribution in [2.45, 2.75) is 20.0 Å². The fourth-order valence-corrected chi connectivity index (χ4v) is 2.71. The zero-order valence-corrected chi connectivity index (χ0v) is 13.9. The van der Waals surface area contributed by atoms with Gasteiger partial charge in [-0.2, -0.15) is 0 Å². The van der Waals surface area contributed by atoms with Crippen LogP contribution in [0.1, 0.15) is 16.7 Å². The van der Waals surface area contributed by atoms with Crippen LogP contribution in [0.25, 0.3) is 0 Å². The van der Waals surface area contributed by atoms with Gasteiger partial charge in [0.1, 0.15) is 5.75 Å². The fourth-order valence-electron chi connectivity index (χ4n) is 2.71. The second-order valence-electron chi connectivity index (χ2n) is 5.56. The number of methoxy groups -OCH3 is 1. The van der Waals surface area contributed by atoms with E-state index in [4.69, 9.17) is 4.74 Å². The van der Waals surface area contributed by atoms with Crippen LogP contribution in [0.15, 0.2) is 42.5 Å². The van der Waals surface area contributed by atoms with Gasteiger partial charge >= 0.3 is 0 Å². The molecule has 2 aromatic rings. The second-order valence-corrected chi connectivity index (χ2v) is 5.56. The highest BCUT2D eigenvalue weighted by molar-refractivity contribution is 5.44. The molecule has 128 valence electrons. The lowest BCUT2D eigenvalue weighted by Crippen LogP contribution is -2.26. The molecule has 0 bridgehead atoms. The van der Waals surface area contributed by atoms with Gasteiger partial charge in [0.2, 0.25) is 0 Å². The fraction of sp³-hybridized carbons (Fsp3) is 0.333. The molecule has 0 aromatic heterocycles. The zero-order valence-electron chi connectivity index (χ0n) is 13.9. The number of nitrogens with zero attached hydrogens (tertiary/aromatic N) is 2. The van der Waals surface area contributed by atoms with Crippen LogP contribution in [0.3, 0.4) is 0 Å². The van der Waals surface area contributed by atoms with Gasteiger partial charge < -0.3 is 9.84 Å². The number of aliphatic hydroxyl groups excluding tert-OH is 1. The van der Waals surface area contributed by atoms with E-state index in [1.54, 1.807) is 20.1 Å². The van der Waals surface area contributed by atoms with Gasteiger partial charge in [0.25, 0.3) is 5.69 Å². The van der Waals surface area contributed by atoms with Gasteiger partial charge in [-0.3, -0.25) is 15.0 Å². The Morgan fingerprint density at radius 2 is 1.79 bits per heavy atom. The lowest BCUT2D eigenvalue weighted by Gasteiger charge is -2.23. The predicted octanol–water partition coefficient (Wildman–Crippen LogP) is 2.91. The molecule has 24 heavy (non-hydrogen) atoms. The van der Waals surface area contributed by atoms with E-state index < -0.39 is 0 Å². The lowest BCUT2D eigenvalue weighted by atomic mass is 10.1. The van der Waals surface area contributed by atoms with E-state index in [1.807, 2.05) is 35.2 Å². The van der Waals surface area contributed by atoms with Crippen molar-refractivity contribution in [2.75, 3.05) is 20.3 Å². The summed E-state index contributed by atoms with van der Waals surface area (Å²) in [6.07, 6.45) is 0. The number of ether oxygens (including phenoxy) is 1. The van der Waals surface area contributed by atoms with E-state index in [0.717, 1.165) is 16.9 Å². The molecule has 0 fully saturated rings. The van der Waals surface area contributed by atoms with Crippen LogP contribution < -0.4 is 4.74 Å². The van der Waals surface area contributed by atoms with Crippen LogP contribution in [-0.2, 0) is 13.1 Å². The number of nitro benzene ring substituents is 1. The molecule has 0 saturated heterocycles. The molecule has 0 amide bonds. The SMILES string of the molecule is COc1ccccc1CN(CCO)Cc1cccc([N+](=O)[O-])c1C. The molecule has 0 unspecified atom stereocenters. The average molecular weight is 330 g/mol. The monoisotopic (exact) mass is 330 g/mol. The number of nitro groups is 1. The molecule has 1 N–H and O–H groups in total. The zero-order chi connectivity index (χ0) is 17.5. The Bertz CT molecular complexity index is 703. The smallest absolute Gasteiger partial charge is 0.272 e. The number of benzene rings is 2. The van der Waals surface area contributed by atoms with Gasteiger partial charge in [0, 0.05) is 36.8 Å². The molecular weight excluding hydrogens is 308 g/mol. The minimum atomic E-state index is -0.366. The van der Waals surface area contributed by atoms with Crippen molar-refractivity contribution in [1.29, 1.82) is 0 Å². The third-order valence-electron chi connectivity index (χ3n) is 4.01. The van der Waals surface area contributed by atoms with Crippen molar-refractivity contribution in [1.82, 2.24) is 4.90 Å². The standard InChI is InChI=1S/C18H22N2O4/c1-14-15(7-5-8-17(14)20(22)23)12-19(10-11-21)13-16-6-3-4-9-18(16)24-2/h3-9,21H,10-13H2,1-2H3. The first-order chi connectivity index (χ1) is 11.6. The van der Waals surface area contributed by atoms with Gasteiger partial charge in [-0.05, 0) is 18.6 Å². The highest BCUT2D eigenvalue weighted by Crippen LogP contribution is 2.24. The molecule has 2 aromatic carbocycles. The normalized spacial score (nSPS) is 10.8. The third kappa shape index (κ3) is 4.31. The van der Waals surface area contributed by atoms with Crippen molar-refractivity contribution in [3.8, 4) is 5.75 Å². The second kappa shape index (κ2) is 8.42. The lowest BCUT2D eigenvalue weighted by molar-refractivity contribution is -0.385. The molecule has 0 atom stereocenters. The van der Waals surface area contributed by atoms with Crippen molar-refractivity contribution in [3.63, 3.8) is 0 Å². The Labute approximate surface area is 141 Å². The highest BCUT2D eigenvalue weighted by atomic mass is 16.6. The van der Waals surface area contributed by atoms with Crippen molar-refractivity contribution >= 4 is 5.69 Å². The first-order valence-corrected chi connectivity index (χ1v) is 7.74. The number of hydrogen-bond donors (Lipinski definition) is 1. The van der Waals surface area contributed by atoms with Crippen molar-refractivity contribution in [2.24, 2.45) is 0 Å². The quantitative estimate of drug-likeness (QED) is 0.595. The highest BCUT2D eigenvalue weighted by Gasteiger charge is 2.16. The first-order valence-electron chi connectivity index (χ1n) is 7.74. The summed E-state index contributed by atoms with van der Waals surface area (Å²) in [7, 11) is 1.62. The summed E-state index contributed by atoms with van der Waals surface area (Å²) in [5, 5.41) is 20.4. The summed E-state index contributed by atoms with van der Waals surface area (Å²) in [6.45, 7) is 3.36. The largest absolute Gasteiger partial charge is 0.496 e. The minimum Gasteiger partial charge on any atom is -0.496 e. The van der Waals surface area contributed by atoms with E-state index in [2.05, 4.69) is 0 Å². The molecule has 0 spiro atoms. The molecular formula is C18H22N2O4. The first kappa shape index (κ1) is 17.9. The maximum Gasteiger partial charge on any atom is 0.272 e. The van der Waals surface area contributed by atoms with Crippen LogP contribution in [0, 0.1) is 17.0 Å². The molecule has 6 heteroatoms. The maximum absolute atomic E-state index is 11.1. The molecule has 0 radical (unpaired) electrons. The summed E-state index contributed by atoms with van der Waals surface area (Å²) in [6, 6.07) is 12.8. The number of hydrogen-bond acceptors (Lipinski definition) is 5. The van der Waals surface area contributed by atoms with Crippen LogP contribution in [-0.4, -0.2) is 35.2 Å². The van der Waals surface area contributed by atoms with E-state index in [1.165, 1.54) is 6.07 Å². The minimum absolute atomic E-state index is 0.0170. The molecule has 0 heterocycles. The van der Waals surface area contributed by atoms with E-state index in [-0.39, 0.29) is 17.2 Å². The van der Waals surface area contributed by atoms with E-state index in [0.29, 0.717) is 25.2 Å². The number of rotatable bonds is 8. The summed E-state index contributed by atoms with van der Waals surface area (Å²) in [5.41, 5.74) is 2.67. The number of para-hydroxylation sites is 1. The van der Waals surface area contributed by atoms with Crippen LogP contribution in [0.2, 0.25) is 0 Å². The van der Waals surface area contributed by atoms with Crippen molar-refractivity contribution in [3.05, 3.63) is 69.3 Å². The van der Waals surface area contributed by atoms with Crippen molar-refractivity contribution < 1.29 is 14.8 Å². The average Bonchev–Trinajstić information content (AvgIpc) is 2.57. The van der Waals surface area contributed by atoms with Gasteiger partial charge in [0.15, 0.2) is 0 Å². The molecule has 0 saturated carbocycles. The van der Waals surface area contributed by atoms with Crippen LogP contribution >= 0.6 is 0 Å². The summed E-state index contributed by atoms with van der Waals surface area (Å²) >= 11 is 0. The molecule has 2 rings (SSSR count). The van der Waals surface area contributed by atoms with Gasteiger partial charge in [0.05, 0.1) is 18.6 Å². The Balaban J connectivity index is 2.23. The molecule has 0 aliphatic rings. The summed E-state index contributed by atoms with van der Waals surface area (Å²) in [5.74, 6) is 0.788. The van der Waals surface area contributed by atoms with E-state index in [9.17, 15) is 15.2 Å².